The van der Waals surface area contributed by atoms with Gasteiger partial charge in [-0.15, -0.1) is 10.2 Å². The van der Waals surface area contributed by atoms with E-state index in [2.05, 4.69) is 15.2 Å². The van der Waals surface area contributed by atoms with Crippen molar-refractivity contribution in [3.05, 3.63) is 53.7 Å². The van der Waals surface area contributed by atoms with Gasteiger partial charge in [0.25, 0.3) is 5.89 Å². The van der Waals surface area contributed by atoms with Crippen LogP contribution in [-0.4, -0.2) is 58.4 Å². The van der Waals surface area contributed by atoms with Gasteiger partial charge in [-0.25, -0.2) is 4.79 Å². The molecule has 0 unspecified atom stereocenters. The third-order valence-electron chi connectivity index (χ3n) is 6.29. The van der Waals surface area contributed by atoms with Crippen LogP contribution in [0.15, 0.2) is 40.9 Å². The number of halogens is 2. The Morgan fingerprint density at radius 2 is 1.95 bits per heavy atom. The number of ether oxygens (including phenoxy) is 2. The van der Waals surface area contributed by atoms with Crippen molar-refractivity contribution in [2.45, 2.75) is 58.1 Å². The maximum atomic E-state index is 12.7. The fourth-order valence-corrected chi connectivity index (χ4v) is 4.34. The summed E-state index contributed by atoms with van der Waals surface area (Å²) in [6.07, 6.45) is 0.533. The molecule has 0 spiro atoms. The van der Waals surface area contributed by atoms with Crippen molar-refractivity contribution < 1.29 is 32.3 Å². The number of methoxy groups -OCH3 is 1. The molecule has 0 bridgehead atoms. The highest BCUT2D eigenvalue weighted by Gasteiger charge is 2.28. The number of amides is 2. The van der Waals surface area contributed by atoms with E-state index in [0.717, 1.165) is 18.4 Å². The Hall–Kier alpha value is -4.09. The van der Waals surface area contributed by atoms with Crippen molar-refractivity contribution in [3.8, 4) is 17.2 Å². The summed E-state index contributed by atoms with van der Waals surface area (Å²) in [6.45, 7) is 6.89. The Balaban J connectivity index is 1.42. The van der Waals surface area contributed by atoms with Gasteiger partial charge in [0.15, 0.2) is 0 Å². The largest absolute Gasteiger partial charge is 0.495 e. The van der Waals surface area contributed by atoms with Crippen LogP contribution < -0.4 is 9.64 Å². The quantitative estimate of drug-likeness (QED) is 0.350. The molecule has 0 atom stereocenters. The molecule has 3 aromatic rings. The molecule has 39 heavy (non-hydrogen) atoms. The van der Waals surface area contributed by atoms with E-state index in [-0.39, 0.29) is 24.4 Å². The first-order valence-corrected chi connectivity index (χ1v) is 12.5. The first kappa shape index (κ1) is 27.9. The van der Waals surface area contributed by atoms with Crippen LogP contribution in [0.1, 0.15) is 63.1 Å². The van der Waals surface area contributed by atoms with E-state index in [4.69, 9.17) is 13.9 Å². The van der Waals surface area contributed by atoms with E-state index in [1.165, 1.54) is 11.1 Å². The first-order valence-electron chi connectivity index (χ1n) is 12.5. The molecular formula is C27H31F2N5O5. The molecule has 208 valence electrons. The van der Waals surface area contributed by atoms with E-state index in [9.17, 15) is 18.4 Å². The molecule has 1 fully saturated rings. The predicted molar refractivity (Wildman–Crippen MR) is 138 cm³/mol. The Kier molecular flexibility index (Phi) is 8.41. The van der Waals surface area contributed by atoms with Crippen molar-refractivity contribution in [2.24, 2.45) is 0 Å². The van der Waals surface area contributed by atoms with E-state index >= 15 is 0 Å². The van der Waals surface area contributed by atoms with Crippen LogP contribution in [0.3, 0.4) is 0 Å². The highest BCUT2D eigenvalue weighted by molar-refractivity contribution is 5.79. The molecule has 1 aromatic carbocycles. The molecule has 1 aliphatic rings. The summed E-state index contributed by atoms with van der Waals surface area (Å²) in [4.78, 5) is 31.9. The van der Waals surface area contributed by atoms with E-state index < -0.39 is 17.9 Å². The molecule has 2 amide bonds. The van der Waals surface area contributed by atoms with Crippen LogP contribution in [0.4, 0.5) is 19.3 Å². The number of hydrogen-bond donors (Lipinski definition) is 0. The van der Waals surface area contributed by atoms with Gasteiger partial charge in [0.05, 0.1) is 30.6 Å². The molecule has 1 saturated heterocycles. The third kappa shape index (κ3) is 6.87. The number of hydrogen-bond acceptors (Lipinski definition) is 8. The lowest BCUT2D eigenvalue weighted by molar-refractivity contribution is -0.107. The molecule has 4 rings (SSSR count). The van der Waals surface area contributed by atoms with Crippen LogP contribution in [-0.2, 0) is 16.1 Å². The van der Waals surface area contributed by atoms with Gasteiger partial charge in [0.2, 0.25) is 12.3 Å². The van der Waals surface area contributed by atoms with Crippen LogP contribution in [0.5, 0.6) is 5.75 Å². The summed E-state index contributed by atoms with van der Waals surface area (Å²) in [5.74, 6) is -0.0480. The summed E-state index contributed by atoms with van der Waals surface area (Å²) >= 11 is 0. The van der Waals surface area contributed by atoms with Gasteiger partial charge in [-0.1, -0.05) is 6.07 Å². The van der Waals surface area contributed by atoms with Crippen LogP contribution in [0.2, 0.25) is 0 Å². The summed E-state index contributed by atoms with van der Waals surface area (Å²) in [6, 6.07) is 8.98. The number of anilines is 1. The number of likely N-dealkylation sites (tertiary alicyclic amines) is 1. The fraction of sp³-hybridized carbons (Fsp3) is 0.444. The topological polar surface area (TPSA) is 111 Å². The SMILES string of the molecule is COc1cc(C2CCN(C(=O)OC(C)(C)C)CC2)ccc1N(C=O)Cc1ccc(-c2nnc(C(F)F)o2)cn1. The zero-order chi connectivity index (χ0) is 28.2. The molecular weight excluding hydrogens is 512 g/mol. The van der Waals surface area contributed by atoms with Gasteiger partial charge in [-0.05, 0) is 69.4 Å². The highest BCUT2D eigenvalue weighted by Crippen LogP contribution is 2.36. The van der Waals surface area contributed by atoms with Gasteiger partial charge in [-0.3, -0.25) is 9.78 Å². The van der Waals surface area contributed by atoms with E-state index in [1.54, 1.807) is 24.1 Å². The van der Waals surface area contributed by atoms with Gasteiger partial charge in [-0.2, -0.15) is 8.78 Å². The minimum atomic E-state index is -2.86. The minimum absolute atomic E-state index is 0.0641. The molecule has 0 radical (unpaired) electrons. The molecule has 10 nitrogen and oxygen atoms in total. The lowest BCUT2D eigenvalue weighted by atomic mass is 9.89. The lowest BCUT2D eigenvalue weighted by Gasteiger charge is -2.34. The average Bonchev–Trinajstić information content (AvgIpc) is 3.42. The Labute approximate surface area is 224 Å². The van der Waals surface area contributed by atoms with Crippen molar-refractivity contribution in [1.29, 1.82) is 0 Å². The summed E-state index contributed by atoms with van der Waals surface area (Å²) in [5.41, 5.74) is 2.05. The second-order valence-corrected chi connectivity index (χ2v) is 10.2. The number of alkyl halides is 2. The van der Waals surface area contributed by atoms with Crippen molar-refractivity contribution in [3.63, 3.8) is 0 Å². The van der Waals surface area contributed by atoms with E-state index in [1.807, 2.05) is 39.0 Å². The highest BCUT2D eigenvalue weighted by atomic mass is 19.3. The zero-order valence-corrected chi connectivity index (χ0v) is 22.3. The number of benzene rings is 1. The van der Waals surface area contributed by atoms with Crippen molar-refractivity contribution >= 4 is 18.2 Å². The standard InChI is InChI=1S/C27H31F2N5O5/c1-27(2,3)39-26(36)33-11-9-17(10-12-33)18-6-8-21(22(13-18)37-4)34(16-35)15-20-7-5-19(14-30-20)24-31-32-25(38-24)23(28)29/h5-8,13-14,16-17,23H,9-12,15H2,1-4H3. The van der Waals surface area contributed by atoms with E-state index in [0.29, 0.717) is 42.2 Å². The van der Waals surface area contributed by atoms with Crippen molar-refractivity contribution in [1.82, 2.24) is 20.1 Å². The average molecular weight is 544 g/mol. The minimum Gasteiger partial charge on any atom is -0.495 e. The second-order valence-electron chi connectivity index (χ2n) is 10.2. The van der Waals surface area contributed by atoms with Gasteiger partial charge < -0.3 is 23.7 Å². The molecule has 2 aromatic heterocycles. The fourth-order valence-electron chi connectivity index (χ4n) is 4.34. The zero-order valence-electron chi connectivity index (χ0n) is 22.3. The summed E-state index contributed by atoms with van der Waals surface area (Å²) in [7, 11) is 1.54. The predicted octanol–water partition coefficient (Wildman–Crippen LogP) is 5.36. The molecule has 0 saturated carbocycles. The van der Waals surface area contributed by atoms with Gasteiger partial charge in [0.1, 0.15) is 11.4 Å². The summed E-state index contributed by atoms with van der Waals surface area (Å²) < 4.78 is 41.5. The normalized spacial score (nSPS) is 14.4. The lowest BCUT2D eigenvalue weighted by Crippen LogP contribution is -2.41. The van der Waals surface area contributed by atoms with Gasteiger partial charge >= 0.3 is 12.5 Å². The maximum Gasteiger partial charge on any atom is 0.410 e. The number of nitrogens with zero attached hydrogens (tertiary/aromatic N) is 5. The molecule has 0 N–H and O–H groups in total. The Bertz CT molecular complexity index is 1280. The number of rotatable bonds is 8. The van der Waals surface area contributed by atoms with Crippen molar-refractivity contribution in [2.75, 3.05) is 25.1 Å². The van der Waals surface area contributed by atoms with Crippen LogP contribution >= 0.6 is 0 Å². The first-order chi connectivity index (χ1) is 18.6. The van der Waals surface area contributed by atoms with Crippen LogP contribution in [0, 0.1) is 0 Å². The van der Waals surface area contributed by atoms with Gasteiger partial charge in [0, 0.05) is 19.3 Å². The summed E-state index contributed by atoms with van der Waals surface area (Å²) in [5, 5.41) is 6.93. The number of piperidine rings is 1. The molecule has 3 heterocycles. The Morgan fingerprint density at radius 1 is 1.21 bits per heavy atom. The Morgan fingerprint density at radius 3 is 2.51 bits per heavy atom. The maximum absolute atomic E-state index is 12.7. The number of pyridine rings is 1. The number of carbonyl (C=O) groups is 2. The molecule has 0 aliphatic carbocycles. The third-order valence-corrected chi connectivity index (χ3v) is 6.29. The molecule has 1 aliphatic heterocycles. The second kappa shape index (κ2) is 11.7. The monoisotopic (exact) mass is 543 g/mol. The number of carbonyl (C=O) groups excluding carboxylic acids is 2. The smallest absolute Gasteiger partial charge is 0.410 e. The molecule has 12 heteroatoms. The number of aromatic nitrogens is 3. The van der Waals surface area contributed by atoms with Crippen LogP contribution in [0.25, 0.3) is 11.5 Å².